The fraction of sp³-hybridized carbons (Fsp3) is 0.676. The van der Waals surface area contributed by atoms with Crippen LogP contribution in [0.4, 0.5) is 0 Å². The topological polar surface area (TPSA) is 25.3 Å². The maximum absolute atomic E-state index is 12.9. The van der Waals surface area contributed by atoms with Gasteiger partial charge in [-0.1, -0.05) is 246 Å². The second-order valence-electron chi connectivity index (χ2n) is 20.1. The summed E-state index contributed by atoms with van der Waals surface area (Å²) in [6, 6.07) is 9.65. The second-order valence-corrected chi connectivity index (χ2v) is 20.1. The summed E-state index contributed by atoms with van der Waals surface area (Å²) < 4.78 is 1.58. The molecule has 0 N–H and O–H groups in total. The van der Waals surface area contributed by atoms with Gasteiger partial charge in [-0.2, -0.15) is 13.8 Å². The summed E-state index contributed by atoms with van der Waals surface area (Å²) in [4.78, 5) is 0. The summed E-state index contributed by atoms with van der Waals surface area (Å²) in [5.41, 5.74) is 27.7. The summed E-state index contributed by atoms with van der Waals surface area (Å²) in [5.74, 6) is 7.47. The summed E-state index contributed by atoms with van der Waals surface area (Å²) in [7, 11) is 0. The average molecular weight is 1020 g/mol. The van der Waals surface area contributed by atoms with Crippen molar-refractivity contribution in [3.8, 4) is 11.8 Å². The van der Waals surface area contributed by atoms with Crippen LogP contribution >= 0.6 is 0 Å². The van der Waals surface area contributed by atoms with Crippen molar-refractivity contribution in [2.45, 2.75) is 300 Å². The average Bonchev–Trinajstić information content (AvgIpc) is 3.65. The van der Waals surface area contributed by atoms with E-state index in [-0.39, 0.29) is 16.5 Å². The van der Waals surface area contributed by atoms with Gasteiger partial charge in [0.15, 0.2) is 0 Å². The van der Waals surface area contributed by atoms with Gasteiger partial charge in [-0.15, -0.1) is 0 Å². The van der Waals surface area contributed by atoms with Crippen molar-refractivity contribution in [3.05, 3.63) is 111 Å². The zero-order valence-corrected chi connectivity index (χ0v) is 49.5. The number of unbranched alkanes of at least 4 members (excludes halogenated alkanes) is 24. The van der Waals surface area contributed by atoms with Crippen molar-refractivity contribution >= 4 is 11.4 Å². The van der Waals surface area contributed by atoms with Gasteiger partial charge in [0.1, 0.15) is 5.57 Å². The predicted octanol–water partition coefficient (Wildman–Crippen LogP) is 22.2. The van der Waals surface area contributed by atoms with Crippen molar-refractivity contribution < 1.29 is 21.2 Å². The standard InChI is InChI=1S/C64H102N2.2C2H5.Ni/c1-9-17-19-21-23-25-26-27-28-29-30-31-32-33-34-36-38-40-42-48-62-61(47-41-39-37-35-24-22-20-18-10-2)63(57-49-53(43-11-3)59(15-7)54(50-57)44-12-4)66(65)64(62)58-51-55(45-13-5)60(16-8)56(52-58)46-14-6;2*1-2;/h42,48-52H,9-40,43-46H2,1-8H3;2*1H2,2H3;/q;2*-1;+2. The van der Waals surface area contributed by atoms with Crippen LogP contribution in [0.1, 0.15) is 306 Å². The van der Waals surface area contributed by atoms with Gasteiger partial charge in [-0.3, -0.25) is 0 Å². The molecular formula is C68H112N2Ni. The van der Waals surface area contributed by atoms with E-state index in [9.17, 15) is 5.53 Å². The molecule has 0 radical (unpaired) electrons. The van der Waals surface area contributed by atoms with Gasteiger partial charge in [0.05, 0.1) is 5.57 Å². The van der Waals surface area contributed by atoms with Gasteiger partial charge in [0.2, 0.25) is 11.4 Å². The van der Waals surface area contributed by atoms with E-state index in [0.29, 0.717) is 0 Å². The van der Waals surface area contributed by atoms with Crippen LogP contribution in [0.2, 0.25) is 0 Å². The molecule has 0 unspecified atom stereocenters. The zero-order chi connectivity index (χ0) is 51.6. The SMILES string of the molecule is CCCCCCCCCC#CC1=C(c2cc(CCC)c(CC)c(CCC)c2)[N+](=[N-])C(c2cc(CCC)c(CC)c(CCC)c2)=C1C=CCCCCCCCCCCCCCCCCCCC.[CH2-]C.[CH2-]C.[Ni+2]. The van der Waals surface area contributed by atoms with E-state index in [2.05, 4.69) is 117 Å². The number of allylic oxidation sites excluding steroid dienone is 4. The number of hydrogen-bond donors (Lipinski definition) is 0. The molecule has 0 saturated heterocycles. The van der Waals surface area contributed by atoms with E-state index < -0.39 is 0 Å². The Morgan fingerprint density at radius 1 is 0.437 bits per heavy atom. The van der Waals surface area contributed by atoms with Gasteiger partial charge in [-0.05, 0) is 115 Å². The summed E-state index contributed by atoms with van der Waals surface area (Å²) in [6.07, 6.45) is 50.2. The fourth-order valence-electron chi connectivity index (χ4n) is 10.7. The maximum Gasteiger partial charge on any atom is 2.00 e. The quantitative estimate of drug-likeness (QED) is 0.0211. The Morgan fingerprint density at radius 2 is 0.761 bits per heavy atom. The normalized spacial score (nSPS) is 12.2. The van der Waals surface area contributed by atoms with Crippen LogP contribution in [0.25, 0.3) is 16.9 Å². The third-order valence-electron chi connectivity index (χ3n) is 14.3. The Kier molecular flexibility index (Phi) is 44.2. The molecule has 2 aromatic rings. The first-order valence-electron chi connectivity index (χ1n) is 30.3. The zero-order valence-electron chi connectivity index (χ0n) is 48.5. The largest absolute Gasteiger partial charge is 2.00 e. The molecule has 0 saturated carbocycles. The summed E-state index contributed by atoms with van der Waals surface area (Å²) >= 11 is 0. The number of rotatable bonds is 38. The van der Waals surface area contributed by atoms with Crippen LogP contribution < -0.4 is 0 Å². The Morgan fingerprint density at radius 3 is 1.10 bits per heavy atom. The van der Waals surface area contributed by atoms with E-state index in [1.165, 1.54) is 181 Å². The first kappa shape index (κ1) is 68.3. The van der Waals surface area contributed by atoms with Crippen molar-refractivity contribution in [2.75, 3.05) is 0 Å². The van der Waals surface area contributed by atoms with Crippen LogP contribution in [0.3, 0.4) is 0 Å². The Hall–Kier alpha value is -2.69. The molecule has 0 amide bonds. The molecular weight excluding hydrogens is 903 g/mol. The first-order chi connectivity index (χ1) is 34.4. The molecule has 1 aliphatic heterocycles. The molecule has 0 bridgehead atoms. The molecule has 3 rings (SSSR count). The second kappa shape index (κ2) is 45.9. The molecule has 71 heavy (non-hydrogen) atoms. The number of aryl methyl sites for hydroxylation is 4. The minimum atomic E-state index is 0. The van der Waals surface area contributed by atoms with E-state index in [1.807, 2.05) is 0 Å². The predicted molar refractivity (Wildman–Crippen MR) is 315 cm³/mol. The Bertz CT molecular complexity index is 1770. The molecule has 0 aromatic heterocycles. The van der Waals surface area contributed by atoms with Crippen LogP contribution in [-0.2, 0) is 55.0 Å². The van der Waals surface area contributed by atoms with Crippen LogP contribution in [0.5, 0.6) is 0 Å². The van der Waals surface area contributed by atoms with E-state index in [4.69, 9.17) is 0 Å². The maximum atomic E-state index is 12.9. The molecule has 404 valence electrons. The molecule has 0 atom stereocenters. The monoisotopic (exact) mass is 1010 g/mol. The third-order valence-corrected chi connectivity index (χ3v) is 14.3. The third kappa shape index (κ3) is 25.9. The summed E-state index contributed by atoms with van der Waals surface area (Å²) in [6.45, 7) is 28.4. The van der Waals surface area contributed by atoms with Crippen molar-refractivity contribution in [1.29, 1.82) is 0 Å². The smallest absolute Gasteiger partial charge is 0.493 e. The van der Waals surface area contributed by atoms with E-state index in [0.717, 1.165) is 117 Å². The van der Waals surface area contributed by atoms with Crippen molar-refractivity contribution in [3.63, 3.8) is 0 Å². The Labute approximate surface area is 453 Å². The molecule has 0 spiro atoms. The van der Waals surface area contributed by atoms with Gasteiger partial charge in [0.25, 0.3) is 0 Å². The number of nitrogens with zero attached hydrogens (tertiary/aromatic N) is 2. The molecule has 0 fully saturated rings. The first-order valence-corrected chi connectivity index (χ1v) is 30.3. The summed E-state index contributed by atoms with van der Waals surface area (Å²) in [5, 5.41) is 0. The minimum Gasteiger partial charge on any atom is -0.493 e. The van der Waals surface area contributed by atoms with Gasteiger partial charge >= 0.3 is 16.5 Å². The molecule has 0 aliphatic carbocycles. The van der Waals surface area contributed by atoms with Crippen molar-refractivity contribution in [1.82, 2.24) is 0 Å². The molecule has 1 aliphatic rings. The van der Waals surface area contributed by atoms with Gasteiger partial charge in [0, 0.05) is 17.5 Å². The van der Waals surface area contributed by atoms with E-state index in [1.54, 1.807) is 18.5 Å². The Balaban J connectivity index is 0.00000954. The number of benzene rings is 2. The molecule has 1 heterocycles. The van der Waals surface area contributed by atoms with Crippen LogP contribution in [0.15, 0.2) is 47.6 Å². The van der Waals surface area contributed by atoms with Gasteiger partial charge < -0.3 is 19.4 Å². The molecule has 3 heteroatoms. The van der Waals surface area contributed by atoms with Crippen LogP contribution in [-0.4, -0.2) is 4.70 Å². The molecule has 2 aromatic carbocycles. The van der Waals surface area contributed by atoms with Gasteiger partial charge in [-0.25, -0.2) is 4.70 Å². The van der Waals surface area contributed by atoms with Crippen molar-refractivity contribution in [2.24, 2.45) is 0 Å². The minimum absolute atomic E-state index is 0. The van der Waals surface area contributed by atoms with E-state index >= 15 is 0 Å². The molecule has 2 nitrogen and oxygen atoms in total. The number of hydrogen-bond acceptors (Lipinski definition) is 0. The fourth-order valence-corrected chi connectivity index (χ4v) is 10.7. The van der Waals surface area contributed by atoms with Crippen LogP contribution in [0, 0.1) is 25.7 Å².